The van der Waals surface area contributed by atoms with Gasteiger partial charge in [0.2, 0.25) is 0 Å². The Kier molecular flexibility index (Phi) is 10.0. The first-order chi connectivity index (χ1) is 13.2. The van der Waals surface area contributed by atoms with Crippen LogP contribution in [0, 0.1) is 5.92 Å². The molecule has 0 spiro atoms. The molecule has 0 aromatic heterocycles. The molecule has 0 amide bonds. The Morgan fingerprint density at radius 2 is 2.19 bits per heavy atom. The van der Waals surface area contributed by atoms with E-state index < -0.39 is 0 Å². The van der Waals surface area contributed by atoms with Gasteiger partial charge in [0.1, 0.15) is 5.75 Å². The number of benzene rings is 1. The van der Waals surface area contributed by atoms with Crippen LogP contribution < -0.4 is 15.4 Å². The number of methoxy groups -OCH3 is 1. The van der Waals surface area contributed by atoms with Crippen molar-refractivity contribution >= 4 is 11.6 Å². The molecule has 0 bridgehead atoms. The fraction of sp³-hybridized carbons (Fsp3) is 0.667. The molecule has 1 aliphatic rings. The van der Waals surface area contributed by atoms with Gasteiger partial charge in [0.05, 0.1) is 6.61 Å². The number of nitrogens with zero attached hydrogens (tertiary/aromatic N) is 2. The van der Waals surface area contributed by atoms with Gasteiger partial charge in [0.25, 0.3) is 0 Å². The molecule has 1 aromatic carbocycles. The maximum Gasteiger partial charge on any atom is 0.195 e. The third kappa shape index (κ3) is 8.18. The molecule has 1 aromatic rings. The maximum atomic E-state index is 5.78. The summed E-state index contributed by atoms with van der Waals surface area (Å²) >= 11 is 0. The van der Waals surface area contributed by atoms with Crippen LogP contribution in [0.4, 0.5) is 5.69 Å². The van der Waals surface area contributed by atoms with Gasteiger partial charge in [-0.1, -0.05) is 13.0 Å². The van der Waals surface area contributed by atoms with Gasteiger partial charge in [-0.25, -0.2) is 0 Å². The van der Waals surface area contributed by atoms with Crippen LogP contribution in [0.5, 0.6) is 5.75 Å². The van der Waals surface area contributed by atoms with E-state index in [4.69, 9.17) is 14.5 Å². The van der Waals surface area contributed by atoms with Gasteiger partial charge >= 0.3 is 0 Å². The molecular formula is C21H36N4O2. The van der Waals surface area contributed by atoms with E-state index in [0.717, 1.165) is 36.9 Å². The molecular weight excluding hydrogens is 340 g/mol. The van der Waals surface area contributed by atoms with Crippen LogP contribution in [0.2, 0.25) is 0 Å². The van der Waals surface area contributed by atoms with Crippen LogP contribution in [0.15, 0.2) is 29.3 Å². The average Bonchev–Trinajstić information content (AvgIpc) is 3.12. The highest BCUT2D eigenvalue weighted by Crippen LogP contribution is 2.19. The van der Waals surface area contributed by atoms with E-state index in [1.165, 1.54) is 32.5 Å². The van der Waals surface area contributed by atoms with Gasteiger partial charge in [-0.2, -0.15) is 0 Å². The Morgan fingerprint density at radius 3 is 2.96 bits per heavy atom. The van der Waals surface area contributed by atoms with Crippen LogP contribution in [0.3, 0.4) is 0 Å². The number of nitrogens with one attached hydrogen (secondary N) is 2. The Balaban J connectivity index is 1.87. The fourth-order valence-electron chi connectivity index (χ4n) is 3.30. The Hall–Kier alpha value is -1.79. The third-order valence-electron chi connectivity index (χ3n) is 4.62. The molecule has 1 heterocycles. The summed E-state index contributed by atoms with van der Waals surface area (Å²) in [6.45, 7) is 11.0. The third-order valence-corrected chi connectivity index (χ3v) is 4.62. The molecule has 1 unspecified atom stereocenters. The Bertz CT molecular complexity index is 565. The maximum absolute atomic E-state index is 5.78. The van der Waals surface area contributed by atoms with Gasteiger partial charge < -0.3 is 25.0 Å². The fourth-order valence-corrected chi connectivity index (χ4v) is 3.30. The molecule has 1 fully saturated rings. The molecule has 0 saturated carbocycles. The number of ether oxygens (including phenoxy) is 2. The highest BCUT2D eigenvalue weighted by atomic mass is 16.5. The quantitative estimate of drug-likeness (QED) is 0.353. The molecule has 1 aliphatic heterocycles. The lowest BCUT2D eigenvalue weighted by Gasteiger charge is -2.15. The summed E-state index contributed by atoms with van der Waals surface area (Å²) in [5, 5.41) is 6.74. The molecule has 2 rings (SSSR count). The van der Waals surface area contributed by atoms with Crippen molar-refractivity contribution in [1.82, 2.24) is 10.2 Å². The summed E-state index contributed by atoms with van der Waals surface area (Å²) in [5.41, 5.74) is 0.984. The van der Waals surface area contributed by atoms with Crippen molar-refractivity contribution in [3.63, 3.8) is 0 Å². The van der Waals surface area contributed by atoms with Gasteiger partial charge in [0.15, 0.2) is 5.96 Å². The highest BCUT2D eigenvalue weighted by molar-refractivity contribution is 5.93. The first-order valence-electron chi connectivity index (χ1n) is 10.2. The summed E-state index contributed by atoms with van der Waals surface area (Å²) in [6.07, 6.45) is 3.35. The summed E-state index contributed by atoms with van der Waals surface area (Å²) in [7, 11) is 1.71. The van der Waals surface area contributed by atoms with Crippen LogP contribution >= 0.6 is 0 Å². The molecule has 27 heavy (non-hydrogen) atoms. The van der Waals surface area contributed by atoms with Gasteiger partial charge in [-0.3, -0.25) is 4.99 Å². The van der Waals surface area contributed by atoms with Crippen LogP contribution in [0.25, 0.3) is 0 Å². The number of rotatable bonds is 11. The van der Waals surface area contributed by atoms with Crippen molar-refractivity contribution < 1.29 is 9.47 Å². The van der Waals surface area contributed by atoms with E-state index in [2.05, 4.69) is 29.4 Å². The summed E-state index contributed by atoms with van der Waals surface area (Å²) in [4.78, 5) is 7.36. The van der Waals surface area contributed by atoms with Crippen LogP contribution in [0.1, 0.15) is 33.1 Å². The predicted octanol–water partition coefficient (Wildman–Crippen LogP) is 3.21. The minimum absolute atomic E-state index is 0.654. The molecule has 0 radical (unpaired) electrons. The van der Waals surface area contributed by atoms with Crippen LogP contribution in [-0.2, 0) is 4.74 Å². The van der Waals surface area contributed by atoms with E-state index >= 15 is 0 Å². The second-order valence-corrected chi connectivity index (χ2v) is 7.02. The van der Waals surface area contributed by atoms with Crippen molar-refractivity contribution in [2.45, 2.75) is 33.1 Å². The van der Waals surface area contributed by atoms with Crippen molar-refractivity contribution in [2.24, 2.45) is 10.9 Å². The Morgan fingerprint density at radius 1 is 1.30 bits per heavy atom. The van der Waals surface area contributed by atoms with Crippen molar-refractivity contribution in [2.75, 3.05) is 58.4 Å². The standard InChI is InChI=1S/C21H36N4O2/c1-4-11-25-12-10-18(17-25)16-23-21(22-5-2)24-19-8-6-9-20(15-19)27-14-7-13-26-3/h6,8-9,15,18H,4-5,7,10-14,16-17H2,1-3H3,(H2,22,23,24). The smallest absolute Gasteiger partial charge is 0.195 e. The van der Waals surface area contributed by atoms with E-state index in [0.29, 0.717) is 19.1 Å². The molecule has 6 nitrogen and oxygen atoms in total. The number of aliphatic imine (C=N–C) groups is 1. The van der Waals surface area contributed by atoms with E-state index in [9.17, 15) is 0 Å². The van der Waals surface area contributed by atoms with E-state index in [1.54, 1.807) is 7.11 Å². The minimum atomic E-state index is 0.654. The molecule has 6 heteroatoms. The topological polar surface area (TPSA) is 58.1 Å². The van der Waals surface area contributed by atoms with Gasteiger partial charge in [-0.05, 0) is 50.9 Å². The second kappa shape index (κ2) is 12.6. The van der Waals surface area contributed by atoms with Crippen molar-refractivity contribution in [1.29, 1.82) is 0 Å². The normalized spacial score (nSPS) is 17.9. The number of likely N-dealkylation sites (tertiary alicyclic amines) is 1. The van der Waals surface area contributed by atoms with Gasteiger partial charge in [-0.15, -0.1) is 0 Å². The summed E-state index contributed by atoms with van der Waals surface area (Å²) < 4.78 is 10.8. The Labute approximate surface area is 164 Å². The van der Waals surface area contributed by atoms with E-state index in [1.807, 2.05) is 24.3 Å². The predicted molar refractivity (Wildman–Crippen MR) is 113 cm³/mol. The largest absolute Gasteiger partial charge is 0.493 e. The minimum Gasteiger partial charge on any atom is -0.493 e. The van der Waals surface area contributed by atoms with Crippen molar-refractivity contribution in [3.8, 4) is 5.75 Å². The number of hydrogen-bond acceptors (Lipinski definition) is 4. The monoisotopic (exact) mass is 376 g/mol. The zero-order valence-corrected chi connectivity index (χ0v) is 17.2. The highest BCUT2D eigenvalue weighted by Gasteiger charge is 2.21. The number of hydrogen-bond donors (Lipinski definition) is 2. The lowest BCUT2D eigenvalue weighted by atomic mass is 10.1. The first-order valence-corrected chi connectivity index (χ1v) is 10.2. The SMILES string of the molecule is CCCN1CCC(CN=C(NCC)Nc2cccc(OCCCOC)c2)C1. The first kappa shape index (κ1) is 21.5. The van der Waals surface area contributed by atoms with Gasteiger partial charge in [0, 0.05) is 51.5 Å². The molecule has 152 valence electrons. The summed E-state index contributed by atoms with van der Waals surface area (Å²) in [5.74, 6) is 2.35. The lowest BCUT2D eigenvalue weighted by Crippen LogP contribution is -2.31. The van der Waals surface area contributed by atoms with Crippen LogP contribution in [-0.4, -0.2) is 63.9 Å². The van der Waals surface area contributed by atoms with E-state index in [-0.39, 0.29) is 0 Å². The molecule has 1 atom stereocenters. The number of anilines is 1. The lowest BCUT2D eigenvalue weighted by molar-refractivity contribution is 0.172. The zero-order valence-electron chi connectivity index (χ0n) is 17.2. The zero-order chi connectivity index (χ0) is 19.3. The molecule has 0 aliphatic carbocycles. The molecule has 2 N–H and O–H groups in total. The second-order valence-electron chi connectivity index (χ2n) is 7.02. The van der Waals surface area contributed by atoms with Crippen molar-refractivity contribution in [3.05, 3.63) is 24.3 Å². The molecule has 1 saturated heterocycles. The number of guanidine groups is 1. The average molecular weight is 377 g/mol. The summed E-state index contributed by atoms with van der Waals surface area (Å²) in [6, 6.07) is 8.02.